The van der Waals surface area contributed by atoms with Crippen LogP contribution in [0.3, 0.4) is 0 Å². The van der Waals surface area contributed by atoms with Gasteiger partial charge in [0.05, 0.1) is 5.38 Å². The lowest BCUT2D eigenvalue weighted by molar-refractivity contribution is -0.138. The third-order valence-corrected chi connectivity index (χ3v) is 8.82. The Labute approximate surface area is 244 Å². The summed E-state index contributed by atoms with van der Waals surface area (Å²) in [5.41, 5.74) is -2.26. The monoisotopic (exact) mass is 613 g/mol. The van der Waals surface area contributed by atoms with E-state index < -0.39 is 58.4 Å². The molecular formula is C27H31ClF3N5O4S. The van der Waals surface area contributed by atoms with Gasteiger partial charge in [0.15, 0.2) is 10.9 Å². The fourth-order valence-electron chi connectivity index (χ4n) is 5.39. The number of thiazole rings is 1. The molecule has 1 aromatic heterocycles. The molecule has 14 heteroatoms. The molecule has 0 spiro atoms. The lowest BCUT2D eigenvalue weighted by Gasteiger charge is -2.31. The van der Waals surface area contributed by atoms with Crippen LogP contribution >= 0.6 is 22.9 Å². The van der Waals surface area contributed by atoms with Gasteiger partial charge in [-0.3, -0.25) is 14.4 Å². The van der Waals surface area contributed by atoms with E-state index in [1.807, 2.05) is 11.9 Å². The zero-order valence-corrected chi connectivity index (χ0v) is 24.4. The minimum Gasteiger partial charge on any atom is -0.366 e. The number of likely N-dealkylation sites (N-methyl/N-ethyl adjacent to an activating group) is 1. The molecule has 222 valence electrons. The van der Waals surface area contributed by atoms with Gasteiger partial charge in [0.2, 0.25) is 11.0 Å². The van der Waals surface area contributed by atoms with Crippen molar-refractivity contribution in [2.45, 2.75) is 49.5 Å². The summed E-state index contributed by atoms with van der Waals surface area (Å²) in [6.45, 7) is 5.27. The Morgan fingerprint density at radius 2 is 1.95 bits per heavy atom. The average Bonchev–Trinajstić information content (AvgIpc) is 3.58. The molecule has 4 unspecified atom stereocenters. The number of ketones is 1. The highest BCUT2D eigenvalue weighted by atomic mass is 35.5. The summed E-state index contributed by atoms with van der Waals surface area (Å²) in [7, 11) is 2.00. The standard InChI is InChI=1S/C27H31ClF3N5O4S/c1-27(2,31)11-18(25(39)36-12-16(28)22-21(36)19(37)13-40-22)32-24(38)14-4-5-15(17(29)10-14)20-23(30)41-26(33-20)35-8-6-34(3)7-9-35/h4-5,10,16,18,21-22H,6-9,11-13H2,1-3H3,(H,32,38). The van der Waals surface area contributed by atoms with E-state index in [1.165, 1.54) is 30.9 Å². The van der Waals surface area contributed by atoms with E-state index in [-0.39, 0.29) is 35.8 Å². The SMILES string of the molecule is CN1CCN(c2nc(-c3ccc(C(=O)NC(CC(C)(C)F)C(=O)N4CC(Cl)C5OCC(=O)C54)cc3F)c(F)s2)CC1. The number of ether oxygens (including phenoxy) is 1. The second-order valence-electron chi connectivity index (χ2n) is 11.2. The molecular weight excluding hydrogens is 583 g/mol. The predicted molar refractivity (Wildman–Crippen MR) is 148 cm³/mol. The van der Waals surface area contributed by atoms with E-state index >= 15 is 4.39 Å². The lowest BCUT2D eigenvalue weighted by atomic mass is 9.98. The fraction of sp³-hybridized carbons (Fsp3) is 0.556. The van der Waals surface area contributed by atoms with Gasteiger partial charge in [-0.15, -0.1) is 11.6 Å². The van der Waals surface area contributed by atoms with Crippen molar-refractivity contribution in [3.63, 3.8) is 0 Å². The van der Waals surface area contributed by atoms with Crippen LogP contribution in [0.2, 0.25) is 0 Å². The molecule has 3 fully saturated rings. The van der Waals surface area contributed by atoms with Crippen molar-refractivity contribution in [2.24, 2.45) is 0 Å². The van der Waals surface area contributed by atoms with Gasteiger partial charge in [-0.25, -0.2) is 13.8 Å². The zero-order chi connectivity index (χ0) is 29.6. The molecule has 0 radical (unpaired) electrons. The van der Waals surface area contributed by atoms with Crippen LogP contribution in [0.1, 0.15) is 30.6 Å². The van der Waals surface area contributed by atoms with Crippen molar-refractivity contribution in [1.29, 1.82) is 0 Å². The van der Waals surface area contributed by atoms with E-state index in [0.29, 0.717) is 18.2 Å². The van der Waals surface area contributed by atoms with Gasteiger partial charge in [0, 0.05) is 50.3 Å². The predicted octanol–water partition coefficient (Wildman–Crippen LogP) is 2.86. The van der Waals surface area contributed by atoms with E-state index in [2.05, 4.69) is 15.2 Å². The Balaban J connectivity index is 1.33. The van der Waals surface area contributed by atoms with Crippen LogP contribution in [0.4, 0.5) is 18.3 Å². The van der Waals surface area contributed by atoms with Gasteiger partial charge >= 0.3 is 0 Å². The summed E-state index contributed by atoms with van der Waals surface area (Å²) in [5.74, 6) is -2.71. The van der Waals surface area contributed by atoms with Gasteiger partial charge in [-0.1, -0.05) is 11.3 Å². The number of piperazine rings is 1. The topological polar surface area (TPSA) is 95.1 Å². The number of alkyl halides is 2. The fourth-order valence-corrected chi connectivity index (χ4v) is 6.61. The van der Waals surface area contributed by atoms with Crippen molar-refractivity contribution in [3.05, 3.63) is 34.7 Å². The van der Waals surface area contributed by atoms with Gasteiger partial charge in [0.1, 0.15) is 42.0 Å². The molecule has 3 aliphatic heterocycles. The number of fused-ring (bicyclic) bond motifs is 1. The first-order valence-electron chi connectivity index (χ1n) is 13.3. The summed E-state index contributed by atoms with van der Waals surface area (Å²) in [6, 6.07) is 1.20. The molecule has 4 heterocycles. The minimum atomic E-state index is -1.86. The molecule has 5 rings (SSSR count). The van der Waals surface area contributed by atoms with Crippen molar-refractivity contribution in [2.75, 3.05) is 51.3 Å². The Morgan fingerprint density at radius 3 is 2.61 bits per heavy atom. The van der Waals surface area contributed by atoms with Crippen molar-refractivity contribution in [3.8, 4) is 11.3 Å². The lowest BCUT2D eigenvalue weighted by Crippen LogP contribution is -2.53. The second-order valence-corrected chi connectivity index (χ2v) is 12.7. The molecule has 0 bridgehead atoms. The van der Waals surface area contributed by atoms with Crippen LogP contribution < -0.4 is 10.2 Å². The molecule has 41 heavy (non-hydrogen) atoms. The Hall–Kier alpha value is -2.74. The first-order chi connectivity index (χ1) is 19.3. The Kier molecular flexibility index (Phi) is 8.34. The molecule has 9 nitrogen and oxygen atoms in total. The first kappa shape index (κ1) is 29.7. The quantitative estimate of drug-likeness (QED) is 0.480. The van der Waals surface area contributed by atoms with Crippen LogP contribution in [0, 0.1) is 10.9 Å². The van der Waals surface area contributed by atoms with Crippen molar-refractivity contribution < 1.29 is 32.3 Å². The third-order valence-electron chi connectivity index (χ3n) is 7.53. The second kappa shape index (κ2) is 11.5. The number of likely N-dealkylation sites (tertiary alicyclic amines) is 1. The van der Waals surface area contributed by atoms with Gasteiger partial charge < -0.3 is 24.8 Å². The summed E-state index contributed by atoms with van der Waals surface area (Å²) in [6.07, 6.45) is -1.07. The molecule has 0 aliphatic carbocycles. The smallest absolute Gasteiger partial charge is 0.252 e. The highest BCUT2D eigenvalue weighted by molar-refractivity contribution is 7.14. The number of halogens is 4. The average molecular weight is 614 g/mol. The van der Waals surface area contributed by atoms with E-state index in [9.17, 15) is 23.2 Å². The number of Topliss-reactive ketones (excluding diaryl/α,β-unsaturated/α-hetero) is 1. The first-order valence-corrected chi connectivity index (χ1v) is 14.6. The largest absolute Gasteiger partial charge is 0.366 e. The number of rotatable bonds is 7. The van der Waals surface area contributed by atoms with Crippen molar-refractivity contribution in [1.82, 2.24) is 20.1 Å². The van der Waals surface area contributed by atoms with Crippen molar-refractivity contribution >= 4 is 45.7 Å². The van der Waals surface area contributed by atoms with Gasteiger partial charge in [-0.05, 0) is 39.1 Å². The van der Waals surface area contributed by atoms with Crippen LogP contribution in [-0.4, -0.2) is 108 Å². The maximum absolute atomic E-state index is 15.2. The normalized spacial score (nSPS) is 24.1. The highest BCUT2D eigenvalue weighted by Crippen LogP contribution is 2.34. The summed E-state index contributed by atoms with van der Waals surface area (Å²) in [5, 5.41) is 1.68. The number of carbonyl (C=O) groups excluding carboxylic acids is 3. The molecule has 0 saturated carbocycles. The van der Waals surface area contributed by atoms with E-state index in [0.717, 1.165) is 30.5 Å². The molecule has 4 atom stereocenters. The van der Waals surface area contributed by atoms with Crippen LogP contribution in [0.25, 0.3) is 11.3 Å². The summed E-state index contributed by atoms with van der Waals surface area (Å²) >= 11 is 7.13. The number of hydrogen-bond donors (Lipinski definition) is 1. The van der Waals surface area contributed by atoms with E-state index in [1.54, 1.807) is 0 Å². The number of carbonyl (C=O) groups is 3. The van der Waals surface area contributed by atoms with Gasteiger partial charge in [0.25, 0.3) is 5.91 Å². The van der Waals surface area contributed by atoms with E-state index in [4.69, 9.17) is 16.3 Å². The van der Waals surface area contributed by atoms with Gasteiger partial charge in [-0.2, -0.15) is 4.39 Å². The number of benzene rings is 1. The molecule has 3 aliphatic rings. The molecule has 2 aromatic rings. The highest BCUT2D eigenvalue weighted by Gasteiger charge is 2.53. The number of nitrogens with one attached hydrogen (secondary N) is 1. The number of aromatic nitrogens is 1. The molecule has 2 amide bonds. The number of amides is 2. The third kappa shape index (κ3) is 6.23. The number of anilines is 1. The number of hydrogen-bond acceptors (Lipinski definition) is 8. The van der Waals surface area contributed by atoms with Crippen LogP contribution in [-0.2, 0) is 14.3 Å². The Morgan fingerprint density at radius 1 is 1.24 bits per heavy atom. The maximum atomic E-state index is 15.2. The van der Waals surface area contributed by atoms with Crippen LogP contribution in [0.5, 0.6) is 0 Å². The van der Waals surface area contributed by atoms with Crippen LogP contribution in [0.15, 0.2) is 18.2 Å². The molecule has 1 N–H and O–H groups in total. The zero-order valence-electron chi connectivity index (χ0n) is 22.8. The molecule has 3 saturated heterocycles. The minimum absolute atomic E-state index is 0.000799. The Bertz CT molecular complexity index is 1350. The summed E-state index contributed by atoms with van der Waals surface area (Å²) in [4.78, 5) is 48.6. The number of nitrogens with zero attached hydrogens (tertiary/aromatic N) is 4. The molecule has 1 aromatic carbocycles. The summed E-state index contributed by atoms with van der Waals surface area (Å²) < 4.78 is 50.2. The maximum Gasteiger partial charge on any atom is 0.252 e.